The second-order valence-electron chi connectivity index (χ2n) is 7.74. The van der Waals surface area contributed by atoms with Crippen LogP contribution >= 0.6 is 0 Å². The van der Waals surface area contributed by atoms with Crippen molar-refractivity contribution in [3.8, 4) is 0 Å². The number of rotatable bonds is 12. The number of allylic oxidation sites excluding steroid dienone is 5. The van der Waals surface area contributed by atoms with E-state index in [1.807, 2.05) is 19.2 Å². The zero-order chi connectivity index (χ0) is 21.8. The van der Waals surface area contributed by atoms with Crippen LogP contribution in [0.1, 0.15) is 66.0 Å². The lowest BCUT2D eigenvalue weighted by Gasteiger charge is -2.18. The molecule has 1 rings (SSSR count). The number of aliphatic imine (C=N–C) groups is 1. The molecule has 3 heteroatoms. The molecule has 0 aliphatic heterocycles. The number of anilines is 1. The molecule has 1 aromatic carbocycles. The van der Waals surface area contributed by atoms with Crippen LogP contribution in [0.3, 0.4) is 0 Å². The molecule has 158 valence electrons. The Balaban J connectivity index is 2.90. The molecule has 0 spiro atoms. The van der Waals surface area contributed by atoms with Gasteiger partial charge < -0.3 is 10.6 Å². The first-order valence-electron chi connectivity index (χ1n) is 10.7. The molecule has 0 radical (unpaired) electrons. The van der Waals surface area contributed by atoms with Crippen LogP contribution in [0.15, 0.2) is 77.6 Å². The van der Waals surface area contributed by atoms with Crippen LogP contribution in [0.4, 0.5) is 5.69 Å². The van der Waals surface area contributed by atoms with Crippen LogP contribution in [0, 0.1) is 5.92 Å². The highest BCUT2D eigenvalue weighted by Gasteiger charge is 2.09. The van der Waals surface area contributed by atoms with Gasteiger partial charge in [0.2, 0.25) is 0 Å². The highest BCUT2D eigenvalue weighted by Crippen LogP contribution is 2.21. The van der Waals surface area contributed by atoms with Gasteiger partial charge in [0.1, 0.15) is 0 Å². The van der Waals surface area contributed by atoms with E-state index in [4.69, 9.17) is 0 Å². The Kier molecular flexibility index (Phi) is 11.0. The fraction of sp³-hybridized carbons (Fsp3) is 0.423. The Morgan fingerprint density at radius 2 is 1.93 bits per heavy atom. The van der Waals surface area contributed by atoms with Crippen molar-refractivity contribution < 1.29 is 0 Å². The van der Waals surface area contributed by atoms with Crippen molar-refractivity contribution in [2.45, 2.75) is 60.4 Å². The van der Waals surface area contributed by atoms with Gasteiger partial charge >= 0.3 is 0 Å². The van der Waals surface area contributed by atoms with Gasteiger partial charge in [0.05, 0.1) is 11.4 Å². The van der Waals surface area contributed by atoms with Crippen molar-refractivity contribution in [3.05, 3.63) is 78.2 Å². The van der Waals surface area contributed by atoms with Crippen LogP contribution in [-0.2, 0) is 0 Å². The maximum Gasteiger partial charge on any atom is 0.0601 e. The van der Waals surface area contributed by atoms with Crippen molar-refractivity contribution >= 4 is 11.4 Å². The summed E-state index contributed by atoms with van der Waals surface area (Å²) in [6, 6.07) is 8.89. The van der Waals surface area contributed by atoms with Crippen LogP contribution in [0.2, 0.25) is 0 Å². The minimum atomic E-state index is 0.371. The molecular formula is C26H39N3. The van der Waals surface area contributed by atoms with Gasteiger partial charge in [-0.3, -0.25) is 4.99 Å². The average molecular weight is 394 g/mol. The molecule has 0 fully saturated rings. The summed E-state index contributed by atoms with van der Waals surface area (Å²) in [5.41, 5.74) is 6.20. The second kappa shape index (κ2) is 12.9. The highest BCUT2D eigenvalue weighted by atomic mass is 14.9. The minimum Gasteiger partial charge on any atom is -0.355 e. The summed E-state index contributed by atoms with van der Waals surface area (Å²) < 4.78 is 0. The predicted molar refractivity (Wildman–Crippen MR) is 131 cm³/mol. The summed E-state index contributed by atoms with van der Waals surface area (Å²) in [6.45, 7) is 21.8. The van der Waals surface area contributed by atoms with Crippen LogP contribution < -0.4 is 10.6 Å². The summed E-state index contributed by atoms with van der Waals surface area (Å²) in [5.74, 6) is 0.471. The van der Waals surface area contributed by atoms with E-state index in [1.165, 1.54) is 5.56 Å². The van der Waals surface area contributed by atoms with Gasteiger partial charge in [-0.25, -0.2) is 0 Å². The first-order valence-corrected chi connectivity index (χ1v) is 10.7. The molecule has 0 bridgehead atoms. The summed E-state index contributed by atoms with van der Waals surface area (Å²) in [6.07, 6.45) is 8.15. The fourth-order valence-corrected chi connectivity index (χ4v) is 2.98. The van der Waals surface area contributed by atoms with Crippen LogP contribution in [0.25, 0.3) is 0 Å². The Morgan fingerprint density at radius 1 is 1.21 bits per heavy atom. The van der Waals surface area contributed by atoms with E-state index in [2.05, 4.69) is 93.7 Å². The Morgan fingerprint density at radius 3 is 2.52 bits per heavy atom. The summed E-state index contributed by atoms with van der Waals surface area (Å²) >= 11 is 0. The standard InChI is InChI=1S/C26H39N3/c1-9-15-27-26(11-3)24-13-12-14-25(17-24)29-22(8)21(7)28-18-20(6)23(10-2)16-19(4)5/h10,12-14,16-19,26-27,29H,2,8-9,11,15H2,1,3-7H3/b20-18+,23-16+,28-21?. The van der Waals surface area contributed by atoms with Crippen molar-refractivity contribution in [3.63, 3.8) is 0 Å². The topological polar surface area (TPSA) is 36.4 Å². The van der Waals surface area contributed by atoms with E-state index in [-0.39, 0.29) is 0 Å². The first-order chi connectivity index (χ1) is 13.8. The lowest BCUT2D eigenvalue weighted by atomic mass is 10.0. The third-order valence-electron chi connectivity index (χ3n) is 4.71. The number of nitrogens with zero attached hydrogens (tertiary/aromatic N) is 1. The maximum atomic E-state index is 4.60. The van der Waals surface area contributed by atoms with Crippen molar-refractivity contribution in [2.24, 2.45) is 10.9 Å². The third-order valence-corrected chi connectivity index (χ3v) is 4.71. The van der Waals surface area contributed by atoms with E-state index in [9.17, 15) is 0 Å². The van der Waals surface area contributed by atoms with Crippen LogP contribution in [0.5, 0.6) is 0 Å². The largest absolute Gasteiger partial charge is 0.355 e. The second-order valence-corrected chi connectivity index (χ2v) is 7.74. The summed E-state index contributed by atoms with van der Waals surface area (Å²) in [7, 11) is 0. The number of nitrogens with one attached hydrogen (secondary N) is 2. The van der Waals surface area contributed by atoms with E-state index in [0.29, 0.717) is 12.0 Å². The Bertz CT molecular complexity index is 766. The van der Waals surface area contributed by atoms with Crippen molar-refractivity contribution in [2.75, 3.05) is 11.9 Å². The summed E-state index contributed by atoms with van der Waals surface area (Å²) in [4.78, 5) is 4.60. The minimum absolute atomic E-state index is 0.371. The molecule has 0 aromatic heterocycles. The quantitative estimate of drug-likeness (QED) is 0.291. The van der Waals surface area contributed by atoms with Gasteiger partial charge in [-0.15, -0.1) is 0 Å². The van der Waals surface area contributed by atoms with Gasteiger partial charge in [0, 0.05) is 17.9 Å². The number of benzene rings is 1. The van der Waals surface area contributed by atoms with Crippen molar-refractivity contribution in [1.29, 1.82) is 0 Å². The van der Waals surface area contributed by atoms with Crippen LogP contribution in [-0.4, -0.2) is 12.3 Å². The molecule has 2 N–H and O–H groups in total. The SMILES string of the molecule is C=CC(=C\C(C)C)/C(C)=C/N=C(C)C(=C)Nc1cccc(C(CC)NCCC)c1. The molecular weight excluding hydrogens is 354 g/mol. The molecule has 3 nitrogen and oxygen atoms in total. The summed E-state index contributed by atoms with van der Waals surface area (Å²) in [5, 5.41) is 7.01. The molecule has 0 aliphatic rings. The third kappa shape index (κ3) is 8.66. The molecule has 0 saturated carbocycles. The lowest BCUT2D eigenvalue weighted by Crippen LogP contribution is -2.21. The predicted octanol–water partition coefficient (Wildman–Crippen LogP) is 7.20. The van der Waals surface area contributed by atoms with Crippen molar-refractivity contribution in [1.82, 2.24) is 5.32 Å². The molecule has 0 saturated heterocycles. The zero-order valence-electron chi connectivity index (χ0n) is 19.2. The monoisotopic (exact) mass is 393 g/mol. The number of hydrogen-bond acceptors (Lipinski definition) is 3. The van der Waals surface area contributed by atoms with Gasteiger partial charge in [-0.2, -0.15) is 0 Å². The fourth-order valence-electron chi connectivity index (χ4n) is 2.98. The lowest BCUT2D eigenvalue weighted by molar-refractivity contribution is 0.518. The molecule has 0 aliphatic carbocycles. The van der Waals surface area contributed by atoms with Gasteiger partial charge in [0.25, 0.3) is 0 Å². The maximum absolute atomic E-state index is 4.60. The first kappa shape index (κ1) is 24.6. The van der Waals surface area contributed by atoms with Gasteiger partial charge in [-0.05, 0) is 68.0 Å². The average Bonchev–Trinajstić information content (AvgIpc) is 2.70. The Labute approximate surface area is 178 Å². The normalized spacial score (nSPS) is 14.1. The molecule has 0 amide bonds. The number of hydrogen-bond donors (Lipinski definition) is 2. The molecule has 0 heterocycles. The van der Waals surface area contributed by atoms with E-state index in [0.717, 1.165) is 47.6 Å². The highest BCUT2D eigenvalue weighted by molar-refractivity contribution is 6.00. The van der Waals surface area contributed by atoms with E-state index >= 15 is 0 Å². The molecule has 1 aromatic rings. The van der Waals surface area contributed by atoms with E-state index < -0.39 is 0 Å². The van der Waals surface area contributed by atoms with E-state index in [1.54, 1.807) is 0 Å². The smallest absolute Gasteiger partial charge is 0.0601 e. The zero-order valence-corrected chi connectivity index (χ0v) is 19.2. The van der Waals surface area contributed by atoms with Gasteiger partial charge in [-0.1, -0.05) is 65.1 Å². The van der Waals surface area contributed by atoms with Gasteiger partial charge in [0.15, 0.2) is 0 Å². The molecule has 29 heavy (non-hydrogen) atoms. The molecule has 1 atom stereocenters. The molecule has 1 unspecified atom stereocenters. The Hall–Kier alpha value is -2.39.